The van der Waals surface area contributed by atoms with Crippen LogP contribution in [0.5, 0.6) is 11.5 Å². The summed E-state index contributed by atoms with van der Waals surface area (Å²) in [5.74, 6) is 1.07. The maximum absolute atomic E-state index is 13.2. The number of hydrogen-bond acceptors (Lipinski definition) is 4. The smallest absolute Gasteiger partial charge is 0.251 e. The van der Waals surface area contributed by atoms with Crippen molar-refractivity contribution in [2.75, 3.05) is 20.1 Å². The number of carbonyl (C=O) groups excluding carboxylic acids is 2. The Labute approximate surface area is 206 Å². The van der Waals surface area contributed by atoms with Crippen LogP contribution in [0.3, 0.4) is 0 Å². The van der Waals surface area contributed by atoms with Crippen molar-refractivity contribution >= 4 is 23.4 Å². The van der Waals surface area contributed by atoms with Gasteiger partial charge in [-0.1, -0.05) is 31.9 Å². The molecule has 1 aliphatic heterocycles. The van der Waals surface area contributed by atoms with Gasteiger partial charge in [-0.05, 0) is 66.6 Å². The number of carbonyl (C=O) groups is 2. The number of nitrogens with one attached hydrogen (secondary N) is 1. The number of hydrogen-bond donors (Lipinski definition) is 1. The molecule has 6 nitrogen and oxygen atoms in total. The Morgan fingerprint density at radius 1 is 1.09 bits per heavy atom. The molecule has 0 radical (unpaired) electrons. The standard InChI is InChI=1S/C27H33ClN2O4/c1-4-5-6-21-13-19-14-23(33-2)24(34-3)15-22(19)26(30(21)25(31)16-28)17-7-9-18(10-8-17)27(32)29-20-11-12-20/h7-10,14-15,20-21,26H,4-6,11-13,16H2,1-3H3,(H,29,32)/t21-,26-/m0/s1. The molecule has 0 saturated heterocycles. The largest absolute Gasteiger partial charge is 0.493 e. The Bertz CT molecular complexity index is 1040. The van der Waals surface area contributed by atoms with E-state index in [1.165, 1.54) is 0 Å². The first kappa shape index (κ1) is 24.4. The van der Waals surface area contributed by atoms with Crippen LogP contribution in [-0.2, 0) is 11.2 Å². The number of methoxy groups -OCH3 is 2. The molecule has 0 spiro atoms. The third kappa shape index (κ3) is 5.02. The molecule has 0 aromatic heterocycles. The van der Waals surface area contributed by atoms with Crippen LogP contribution in [0, 0.1) is 0 Å². The number of rotatable bonds is 9. The quantitative estimate of drug-likeness (QED) is 0.516. The van der Waals surface area contributed by atoms with Crippen LogP contribution in [0.15, 0.2) is 36.4 Å². The average molecular weight is 485 g/mol. The minimum Gasteiger partial charge on any atom is -0.493 e. The number of alkyl halides is 1. The fourth-order valence-electron chi connectivity index (χ4n) is 4.83. The van der Waals surface area contributed by atoms with Crippen molar-refractivity contribution in [3.05, 3.63) is 58.7 Å². The van der Waals surface area contributed by atoms with Gasteiger partial charge in [0, 0.05) is 17.6 Å². The molecule has 4 rings (SSSR count). The summed E-state index contributed by atoms with van der Waals surface area (Å²) >= 11 is 6.10. The highest BCUT2D eigenvalue weighted by atomic mass is 35.5. The summed E-state index contributed by atoms with van der Waals surface area (Å²) in [5, 5.41) is 3.03. The van der Waals surface area contributed by atoms with Gasteiger partial charge < -0.3 is 19.7 Å². The monoisotopic (exact) mass is 484 g/mol. The van der Waals surface area contributed by atoms with Crippen molar-refractivity contribution in [2.24, 2.45) is 0 Å². The van der Waals surface area contributed by atoms with E-state index in [0.29, 0.717) is 23.1 Å². The van der Waals surface area contributed by atoms with Crippen LogP contribution < -0.4 is 14.8 Å². The number of unbranched alkanes of at least 4 members (excludes halogenated alkanes) is 1. The van der Waals surface area contributed by atoms with Gasteiger partial charge >= 0.3 is 0 Å². The van der Waals surface area contributed by atoms with Crippen LogP contribution in [0.2, 0.25) is 0 Å². The first-order valence-electron chi connectivity index (χ1n) is 12.0. The van der Waals surface area contributed by atoms with E-state index >= 15 is 0 Å². The summed E-state index contributed by atoms with van der Waals surface area (Å²) in [4.78, 5) is 27.6. The summed E-state index contributed by atoms with van der Waals surface area (Å²) in [7, 11) is 3.24. The van der Waals surface area contributed by atoms with Crippen molar-refractivity contribution in [3.63, 3.8) is 0 Å². The molecule has 2 aromatic carbocycles. The first-order chi connectivity index (χ1) is 16.5. The molecule has 2 atom stereocenters. The molecule has 2 aliphatic rings. The number of ether oxygens (including phenoxy) is 2. The SMILES string of the molecule is CCCC[C@H]1Cc2cc(OC)c(OC)cc2[C@H](c2ccc(C(=O)NC3CC3)cc2)N1C(=O)CCl. The Morgan fingerprint density at radius 2 is 1.76 bits per heavy atom. The Hall–Kier alpha value is -2.73. The number of halogens is 1. The maximum atomic E-state index is 13.2. The Kier molecular flexibility index (Phi) is 7.67. The predicted molar refractivity (Wildman–Crippen MR) is 133 cm³/mol. The third-order valence-electron chi connectivity index (χ3n) is 6.76. The molecule has 1 fully saturated rings. The molecule has 7 heteroatoms. The van der Waals surface area contributed by atoms with Crippen LogP contribution >= 0.6 is 11.6 Å². The van der Waals surface area contributed by atoms with Crippen molar-refractivity contribution in [2.45, 2.75) is 63.6 Å². The third-order valence-corrected chi connectivity index (χ3v) is 6.99. The molecular weight excluding hydrogens is 452 g/mol. The highest BCUT2D eigenvalue weighted by Crippen LogP contribution is 2.44. The summed E-state index contributed by atoms with van der Waals surface area (Å²) in [5.41, 5.74) is 3.70. The summed E-state index contributed by atoms with van der Waals surface area (Å²) in [6.07, 6.45) is 5.78. The lowest BCUT2D eigenvalue weighted by atomic mass is 9.82. The van der Waals surface area contributed by atoms with Gasteiger partial charge in [0.2, 0.25) is 5.91 Å². The van der Waals surface area contributed by atoms with Gasteiger partial charge in [-0.25, -0.2) is 0 Å². The average Bonchev–Trinajstić information content (AvgIpc) is 3.69. The molecule has 182 valence electrons. The molecule has 2 amide bonds. The molecule has 1 N–H and O–H groups in total. The molecule has 34 heavy (non-hydrogen) atoms. The van der Waals surface area contributed by atoms with E-state index in [2.05, 4.69) is 12.2 Å². The minimum absolute atomic E-state index is 0.0274. The minimum atomic E-state index is -0.322. The van der Waals surface area contributed by atoms with Gasteiger partial charge in [0.25, 0.3) is 5.91 Å². The van der Waals surface area contributed by atoms with E-state index in [1.54, 1.807) is 14.2 Å². The number of nitrogens with zero attached hydrogens (tertiary/aromatic N) is 1. The second-order valence-electron chi connectivity index (χ2n) is 9.11. The van der Waals surface area contributed by atoms with Gasteiger partial charge in [-0.3, -0.25) is 9.59 Å². The Morgan fingerprint density at radius 3 is 2.35 bits per heavy atom. The Balaban J connectivity index is 1.78. The topological polar surface area (TPSA) is 67.9 Å². The second-order valence-corrected chi connectivity index (χ2v) is 9.38. The van der Waals surface area contributed by atoms with E-state index in [9.17, 15) is 9.59 Å². The molecule has 1 heterocycles. The highest BCUT2D eigenvalue weighted by Gasteiger charge is 2.38. The van der Waals surface area contributed by atoms with E-state index < -0.39 is 0 Å². The lowest BCUT2D eigenvalue weighted by Gasteiger charge is -2.44. The molecule has 0 unspecified atom stereocenters. The highest BCUT2D eigenvalue weighted by molar-refractivity contribution is 6.27. The zero-order chi connectivity index (χ0) is 24.2. The number of fused-ring (bicyclic) bond motifs is 1. The maximum Gasteiger partial charge on any atom is 0.251 e. The van der Waals surface area contributed by atoms with E-state index in [1.807, 2.05) is 41.3 Å². The van der Waals surface area contributed by atoms with Crippen LogP contribution in [0.4, 0.5) is 0 Å². The van der Waals surface area contributed by atoms with Gasteiger partial charge in [0.1, 0.15) is 5.88 Å². The second kappa shape index (κ2) is 10.7. The summed E-state index contributed by atoms with van der Waals surface area (Å²) in [6, 6.07) is 11.6. The van der Waals surface area contributed by atoms with Crippen molar-refractivity contribution < 1.29 is 19.1 Å². The van der Waals surface area contributed by atoms with E-state index in [-0.39, 0.29) is 29.8 Å². The van der Waals surface area contributed by atoms with Gasteiger partial charge in [0.05, 0.1) is 20.3 Å². The van der Waals surface area contributed by atoms with Gasteiger partial charge in [-0.2, -0.15) is 0 Å². The molecule has 1 aliphatic carbocycles. The van der Waals surface area contributed by atoms with Gasteiger partial charge in [0.15, 0.2) is 11.5 Å². The number of amides is 2. The summed E-state index contributed by atoms with van der Waals surface area (Å²) < 4.78 is 11.1. The summed E-state index contributed by atoms with van der Waals surface area (Å²) in [6.45, 7) is 2.15. The van der Waals surface area contributed by atoms with Crippen LogP contribution in [0.1, 0.15) is 72.1 Å². The van der Waals surface area contributed by atoms with Crippen molar-refractivity contribution in [1.29, 1.82) is 0 Å². The lowest BCUT2D eigenvalue weighted by molar-refractivity contribution is -0.133. The van der Waals surface area contributed by atoms with Crippen molar-refractivity contribution in [1.82, 2.24) is 10.2 Å². The van der Waals surface area contributed by atoms with Crippen molar-refractivity contribution in [3.8, 4) is 11.5 Å². The van der Waals surface area contributed by atoms with Gasteiger partial charge in [-0.15, -0.1) is 11.6 Å². The molecular formula is C27H33ClN2O4. The fourth-order valence-corrected chi connectivity index (χ4v) is 4.97. The molecule has 2 aromatic rings. The van der Waals surface area contributed by atoms with E-state index in [4.69, 9.17) is 21.1 Å². The predicted octanol–water partition coefficient (Wildman–Crippen LogP) is 4.87. The zero-order valence-corrected chi connectivity index (χ0v) is 20.9. The zero-order valence-electron chi connectivity index (χ0n) is 20.1. The number of benzene rings is 2. The molecule has 1 saturated carbocycles. The van der Waals surface area contributed by atoms with E-state index in [0.717, 1.165) is 55.2 Å². The first-order valence-corrected chi connectivity index (χ1v) is 12.6. The van der Waals surface area contributed by atoms with Crippen LogP contribution in [-0.4, -0.2) is 48.9 Å². The lowest BCUT2D eigenvalue weighted by Crippen LogP contribution is -2.48. The fraction of sp³-hybridized carbons (Fsp3) is 0.481. The normalized spacial score (nSPS) is 19.4. The van der Waals surface area contributed by atoms with Crippen LogP contribution in [0.25, 0.3) is 0 Å². The molecule has 0 bridgehead atoms.